The summed E-state index contributed by atoms with van der Waals surface area (Å²) < 4.78 is 0. The maximum atomic E-state index is 12.6. The minimum absolute atomic E-state index is 0.0919. The molecule has 1 aromatic carbocycles. The summed E-state index contributed by atoms with van der Waals surface area (Å²) in [5, 5.41) is 20.5. The highest BCUT2D eigenvalue weighted by atomic mass is 16.4. The predicted octanol–water partition coefficient (Wildman–Crippen LogP) is 1.92. The molecular weight excluding hydrogens is 390 g/mol. The first-order valence-electron chi connectivity index (χ1n) is 10.3. The monoisotopic (exact) mass is 417 g/mol. The van der Waals surface area contributed by atoms with Crippen LogP contribution >= 0.6 is 0 Å². The average molecular weight is 417 g/mol. The second-order valence-electron chi connectivity index (χ2n) is 7.82. The summed E-state index contributed by atoms with van der Waals surface area (Å²) in [6.07, 6.45) is 7.29. The molecule has 0 atom stereocenters. The first-order chi connectivity index (χ1) is 14.4. The molecule has 1 saturated carbocycles. The van der Waals surface area contributed by atoms with E-state index >= 15 is 0 Å². The fourth-order valence-corrected chi connectivity index (χ4v) is 4.50. The van der Waals surface area contributed by atoms with Crippen molar-refractivity contribution in [3.63, 3.8) is 0 Å². The molecule has 1 saturated heterocycles. The number of aliphatic carboxylic acids is 2. The van der Waals surface area contributed by atoms with Crippen LogP contribution in [0.2, 0.25) is 0 Å². The van der Waals surface area contributed by atoms with Crippen molar-refractivity contribution in [2.75, 3.05) is 23.3 Å². The summed E-state index contributed by atoms with van der Waals surface area (Å²) in [6, 6.07) is 6.37. The molecule has 2 amide bonds. The molecule has 30 heavy (non-hydrogen) atoms. The van der Waals surface area contributed by atoms with E-state index in [9.17, 15) is 24.3 Å². The number of benzene rings is 1. The highest BCUT2D eigenvalue weighted by Crippen LogP contribution is 2.32. The Bertz CT molecular complexity index is 813. The maximum absolute atomic E-state index is 12.6. The molecule has 162 valence electrons. The van der Waals surface area contributed by atoms with E-state index in [0.29, 0.717) is 18.9 Å². The van der Waals surface area contributed by atoms with Crippen molar-refractivity contribution in [2.24, 2.45) is 0 Å². The van der Waals surface area contributed by atoms with E-state index in [4.69, 9.17) is 5.11 Å². The lowest BCUT2D eigenvalue weighted by Gasteiger charge is -2.42. The zero-order valence-electron chi connectivity index (χ0n) is 16.7. The smallest absolute Gasteiger partial charge is 0.394 e. The molecule has 1 aliphatic heterocycles. The van der Waals surface area contributed by atoms with E-state index in [0.717, 1.165) is 13.1 Å². The molecule has 2 aliphatic rings. The normalized spacial score (nSPS) is 18.5. The number of piperidine rings is 1. The molecule has 0 spiro atoms. The van der Waals surface area contributed by atoms with Gasteiger partial charge in [-0.2, -0.15) is 0 Å². The van der Waals surface area contributed by atoms with Crippen LogP contribution in [0.1, 0.15) is 44.9 Å². The number of anilines is 2. The van der Waals surface area contributed by atoms with Crippen molar-refractivity contribution < 1.29 is 29.4 Å². The molecular formula is C21H27N3O6. The van der Waals surface area contributed by atoms with Gasteiger partial charge in [0.1, 0.15) is 0 Å². The molecule has 9 heteroatoms. The molecule has 3 rings (SSSR count). The lowest BCUT2D eigenvalue weighted by Crippen LogP contribution is -2.52. The van der Waals surface area contributed by atoms with Gasteiger partial charge in [0.2, 0.25) is 0 Å². The third-order valence-corrected chi connectivity index (χ3v) is 5.96. The van der Waals surface area contributed by atoms with Crippen molar-refractivity contribution in [3.05, 3.63) is 24.3 Å². The van der Waals surface area contributed by atoms with Crippen LogP contribution in [0, 0.1) is 0 Å². The number of carboxylic acids is 2. The third-order valence-electron chi connectivity index (χ3n) is 5.96. The van der Waals surface area contributed by atoms with Gasteiger partial charge in [-0.1, -0.05) is 31.4 Å². The molecule has 0 radical (unpaired) electrons. The summed E-state index contributed by atoms with van der Waals surface area (Å²) >= 11 is 0. The highest BCUT2D eigenvalue weighted by Gasteiger charge is 2.35. The molecule has 0 unspecified atom stereocenters. The minimum Gasteiger partial charge on any atom is -0.474 e. The second-order valence-corrected chi connectivity index (χ2v) is 7.82. The number of likely N-dealkylation sites (tertiary alicyclic amines) is 1. The van der Waals surface area contributed by atoms with Gasteiger partial charge in [0.05, 0.1) is 11.4 Å². The number of amides is 2. The van der Waals surface area contributed by atoms with E-state index in [1.165, 1.54) is 49.1 Å². The molecule has 9 nitrogen and oxygen atoms in total. The van der Waals surface area contributed by atoms with Crippen LogP contribution in [-0.2, 0) is 19.2 Å². The van der Waals surface area contributed by atoms with E-state index in [1.807, 2.05) is 0 Å². The van der Waals surface area contributed by atoms with Crippen LogP contribution in [0.5, 0.6) is 0 Å². The lowest BCUT2D eigenvalue weighted by molar-refractivity contribution is -0.149. The number of carboxylic acid groups (broad SMARTS) is 2. The van der Waals surface area contributed by atoms with Crippen LogP contribution < -0.4 is 10.2 Å². The Labute approximate surface area is 174 Å². The Morgan fingerprint density at radius 1 is 0.900 bits per heavy atom. The molecule has 1 heterocycles. The quantitative estimate of drug-likeness (QED) is 0.639. The highest BCUT2D eigenvalue weighted by molar-refractivity contribution is 6.39. The fraction of sp³-hybridized carbons (Fsp3) is 0.524. The van der Waals surface area contributed by atoms with E-state index < -0.39 is 23.8 Å². The number of carbonyl (C=O) groups is 4. The van der Waals surface area contributed by atoms with Crippen molar-refractivity contribution >= 4 is 35.1 Å². The fourth-order valence-electron chi connectivity index (χ4n) is 4.50. The largest absolute Gasteiger partial charge is 0.474 e. The number of hydrogen-bond donors (Lipinski definition) is 3. The lowest BCUT2D eigenvalue weighted by atomic mass is 9.91. The van der Waals surface area contributed by atoms with E-state index in [2.05, 4.69) is 10.2 Å². The molecule has 1 aliphatic carbocycles. The molecule has 1 aromatic rings. The minimum atomic E-state index is -1.67. The second kappa shape index (κ2) is 9.71. The van der Waals surface area contributed by atoms with Crippen molar-refractivity contribution in [2.45, 2.75) is 57.0 Å². The molecule has 0 aromatic heterocycles. The predicted molar refractivity (Wildman–Crippen MR) is 109 cm³/mol. The summed E-state index contributed by atoms with van der Waals surface area (Å²) in [7, 11) is 0. The summed E-state index contributed by atoms with van der Waals surface area (Å²) in [5.41, 5.74) is 0.282. The van der Waals surface area contributed by atoms with E-state index in [-0.39, 0.29) is 17.4 Å². The van der Waals surface area contributed by atoms with E-state index in [1.54, 1.807) is 12.1 Å². The number of para-hydroxylation sites is 2. The van der Waals surface area contributed by atoms with Crippen LogP contribution in [0.3, 0.4) is 0 Å². The van der Waals surface area contributed by atoms with Gasteiger partial charge in [-0.05, 0) is 37.8 Å². The van der Waals surface area contributed by atoms with Gasteiger partial charge < -0.3 is 20.4 Å². The van der Waals surface area contributed by atoms with Crippen LogP contribution in [0.15, 0.2) is 24.3 Å². The molecule has 3 N–H and O–H groups in total. The first-order valence-corrected chi connectivity index (χ1v) is 10.3. The van der Waals surface area contributed by atoms with Crippen LogP contribution in [0.4, 0.5) is 11.4 Å². The van der Waals surface area contributed by atoms with Gasteiger partial charge >= 0.3 is 23.8 Å². The molecule has 2 fully saturated rings. The summed E-state index contributed by atoms with van der Waals surface area (Å²) in [6.45, 7) is 1.53. The van der Waals surface area contributed by atoms with Gasteiger partial charge in [0.25, 0.3) is 0 Å². The Hall–Kier alpha value is -2.94. The number of nitrogens with one attached hydrogen (secondary N) is 1. The van der Waals surface area contributed by atoms with Gasteiger partial charge in [-0.15, -0.1) is 0 Å². The zero-order chi connectivity index (χ0) is 21.7. The standard InChI is InChI=1S/C21H27N3O6/c25-18(20(27)28)22-16-8-4-5-9-17(16)24(19(26)21(29)30)15-10-12-23(13-11-15)14-6-2-1-3-7-14/h4-5,8-9,14-15H,1-3,6-7,10-13H2,(H,22,25)(H,27,28)(H,29,30). The number of rotatable bonds is 4. The zero-order valence-corrected chi connectivity index (χ0v) is 16.7. The van der Waals surface area contributed by atoms with Crippen molar-refractivity contribution in [3.8, 4) is 0 Å². The third kappa shape index (κ3) is 4.96. The first kappa shape index (κ1) is 21.8. The summed E-state index contributed by atoms with van der Waals surface area (Å²) in [5.74, 6) is -5.61. The topological polar surface area (TPSA) is 127 Å². The summed E-state index contributed by atoms with van der Waals surface area (Å²) in [4.78, 5) is 50.3. The van der Waals surface area contributed by atoms with Crippen molar-refractivity contribution in [1.29, 1.82) is 0 Å². The SMILES string of the molecule is O=C(O)C(=O)Nc1ccccc1N(C(=O)C(=O)O)C1CCN(C2CCCCC2)CC1. The Balaban J connectivity index is 1.81. The van der Waals surface area contributed by atoms with Crippen molar-refractivity contribution in [1.82, 2.24) is 4.90 Å². The average Bonchev–Trinajstić information content (AvgIpc) is 2.76. The maximum Gasteiger partial charge on any atom is 0.394 e. The van der Waals surface area contributed by atoms with Gasteiger partial charge in [0.15, 0.2) is 0 Å². The number of hydrogen-bond acceptors (Lipinski definition) is 5. The molecule has 0 bridgehead atoms. The van der Waals surface area contributed by atoms with Crippen LogP contribution in [0.25, 0.3) is 0 Å². The van der Waals surface area contributed by atoms with Gasteiger partial charge in [-0.25, -0.2) is 9.59 Å². The van der Waals surface area contributed by atoms with Gasteiger partial charge in [-0.3, -0.25) is 14.5 Å². The Morgan fingerprint density at radius 3 is 2.13 bits per heavy atom. The van der Waals surface area contributed by atoms with Crippen LogP contribution in [-0.4, -0.2) is 64.0 Å². The Kier molecular flexibility index (Phi) is 7.04. The Morgan fingerprint density at radius 2 is 1.53 bits per heavy atom. The number of carbonyl (C=O) groups excluding carboxylic acids is 2. The van der Waals surface area contributed by atoms with Gasteiger partial charge in [0, 0.05) is 25.2 Å². The number of nitrogens with zero attached hydrogens (tertiary/aromatic N) is 2.